The van der Waals surface area contributed by atoms with Crippen LogP contribution in [0.2, 0.25) is 0 Å². The molecule has 0 aromatic carbocycles. The van der Waals surface area contributed by atoms with Gasteiger partial charge < -0.3 is 5.11 Å². The third kappa shape index (κ3) is 2.59. The van der Waals surface area contributed by atoms with Crippen molar-refractivity contribution in [2.75, 3.05) is 6.54 Å². The van der Waals surface area contributed by atoms with E-state index in [0.717, 1.165) is 0 Å². The largest absolute Gasteiger partial charge is 0.480 e. The van der Waals surface area contributed by atoms with Crippen LogP contribution in [0.4, 0.5) is 0 Å². The van der Waals surface area contributed by atoms with E-state index >= 15 is 0 Å². The minimum absolute atomic E-state index is 0.143. The minimum atomic E-state index is -1.00. The second-order valence-electron chi connectivity index (χ2n) is 5.02. The van der Waals surface area contributed by atoms with Crippen LogP contribution in [0.25, 0.3) is 4.96 Å². The van der Waals surface area contributed by atoms with E-state index < -0.39 is 11.5 Å². The van der Waals surface area contributed by atoms with Crippen molar-refractivity contribution >= 4 is 22.3 Å². The molecule has 0 spiro atoms. The third-order valence-electron chi connectivity index (χ3n) is 3.40. The van der Waals surface area contributed by atoms with Gasteiger partial charge in [-0.05, 0) is 20.4 Å². The smallest absolute Gasteiger partial charge is 0.323 e. The number of hydrogen-bond acceptors (Lipinski definition) is 5. The topological polar surface area (TPSA) is 74.9 Å². The monoisotopic (exact) mass is 295 g/mol. The van der Waals surface area contributed by atoms with Crippen LogP contribution in [0, 0.1) is 0 Å². The van der Waals surface area contributed by atoms with Crippen molar-refractivity contribution in [3.05, 3.63) is 33.7 Å². The van der Waals surface area contributed by atoms with Crippen molar-refractivity contribution in [3.8, 4) is 0 Å². The maximum Gasteiger partial charge on any atom is 0.323 e. The van der Waals surface area contributed by atoms with Gasteiger partial charge in [0.15, 0.2) is 4.96 Å². The fourth-order valence-electron chi connectivity index (χ4n) is 2.00. The molecule has 0 saturated heterocycles. The van der Waals surface area contributed by atoms with Crippen LogP contribution in [0.15, 0.2) is 22.4 Å². The first-order chi connectivity index (χ1) is 9.36. The Morgan fingerprint density at radius 1 is 1.55 bits per heavy atom. The van der Waals surface area contributed by atoms with Crippen molar-refractivity contribution < 1.29 is 9.90 Å². The Morgan fingerprint density at radius 3 is 2.85 bits per heavy atom. The summed E-state index contributed by atoms with van der Waals surface area (Å²) < 4.78 is 1.48. The van der Waals surface area contributed by atoms with Crippen LogP contribution in [-0.2, 0) is 11.3 Å². The number of rotatable bonds is 5. The number of carbonyl (C=O) groups is 1. The van der Waals surface area contributed by atoms with Gasteiger partial charge in [-0.3, -0.25) is 18.9 Å². The van der Waals surface area contributed by atoms with E-state index in [9.17, 15) is 14.7 Å². The fourth-order valence-corrected chi connectivity index (χ4v) is 2.74. The van der Waals surface area contributed by atoms with Gasteiger partial charge in [-0.2, -0.15) is 0 Å². The molecule has 0 aliphatic heterocycles. The summed E-state index contributed by atoms with van der Waals surface area (Å²) in [5.41, 5.74) is -0.555. The maximum absolute atomic E-state index is 11.9. The summed E-state index contributed by atoms with van der Waals surface area (Å²) >= 11 is 1.38. The van der Waals surface area contributed by atoms with Gasteiger partial charge >= 0.3 is 5.97 Å². The van der Waals surface area contributed by atoms with Crippen molar-refractivity contribution in [1.29, 1.82) is 0 Å². The molecule has 2 aromatic rings. The van der Waals surface area contributed by atoms with Crippen molar-refractivity contribution in [2.24, 2.45) is 0 Å². The number of aliphatic carboxylic acids is 1. The van der Waals surface area contributed by atoms with E-state index in [2.05, 4.69) is 4.98 Å². The highest BCUT2D eigenvalue weighted by Crippen LogP contribution is 2.17. The highest BCUT2D eigenvalue weighted by molar-refractivity contribution is 7.15. The van der Waals surface area contributed by atoms with Crippen molar-refractivity contribution in [3.63, 3.8) is 0 Å². The first-order valence-electron chi connectivity index (χ1n) is 6.30. The number of carboxylic acid groups (broad SMARTS) is 1. The molecule has 2 heterocycles. The highest BCUT2D eigenvalue weighted by atomic mass is 32.1. The van der Waals surface area contributed by atoms with Gasteiger partial charge in [0.25, 0.3) is 5.56 Å². The molecule has 0 amide bonds. The van der Waals surface area contributed by atoms with E-state index in [1.165, 1.54) is 21.8 Å². The predicted molar refractivity (Wildman–Crippen MR) is 77.1 cm³/mol. The van der Waals surface area contributed by atoms with Gasteiger partial charge in [0.2, 0.25) is 0 Å². The van der Waals surface area contributed by atoms with E-state index in [4.69, 9.17) is 0 Å². The molecule has 0 bridgehead atoms. The van der Waals surface area contributed by atoms with Crippen LogP contribution in [-0.4, -0.2) is 37.4 Å². The first kappa shape index (κ1) is 14.7. The van der Waals surface area contributed by atoms with Gasteiger partial charge in [-0.1, -0.05) is 6.92 Å². The molecular weight excluding hydrogens is 278 g/mol. The summed E-state index contributed by atoms with van der Waals surface area (Å²) in [6.45, 7) is 6.08. The van der Waals surface area contributed by atoms with Gasteiger partial charge in [0.05, 0.1) is 5.69 Å². The van der Waals surface area contributed by atoms with E-state index in [0.29, 0.717) is 23.7 Å². The zero-order valence-electron chi connectivity index (χ0n) is 11.7. The van der Waals surface area contributed by atoms with Gasteiger partial charge in [-0.15, -0.1) is 11.3 Å². The molecule has 0 radical (unpaired) electrons. The molecule has 2 aromatic heterocycles. The number of hydrogen-bond donors (Lipinski definition) is 1. The zero-order chi connectivity index (χ0) is 14.9. The van der Waals surface area contributed by atoms with E-state index in [-0.39, 0.29) is 5.56 Å². The quantitative estimate of drug-likeness (QED) is 0.903. The predicted octanol–water partition coefficient (Wildman–Crippen LogP) is 1.44. The Balaban J connectivity index is 2.35. The van der Waals surface area contributed by atoms with Crippen LogP contribution in [0.5, 0.6) is 0 Å². The number of thiazole rings is 1. The molecule has 108 valence electrons. The Morgan fingerprint density at radius 2 is 2.25 bits per heavy atom. The maximum atomic E-state index is 11.9. The van der Waals surface area contributed by atoms with E-state index in [1.54, 1.807) is 30.3 Å². The number of carboxylic acids is 1. The number of likely N-dealkylation sites (N-methyl/N-ethyl adjacent to an activating group) is 1. The second-order valence-corrected chi connectivity index (χ2v) is 5.89. The first-order valence-corrected chi connectivity index (χ1v) is 7.18. The van der Waals surface area contributed by atoms with Gasteiger partial charge in [-0.25, -0.2) is 4.98 Å². The standard InChI is InChI=1S/C13H17N3O3S/c1-4-15(13(2,3)11(18)19)8-9-7-10(17)16-5-6-20-12(16)14-9/h5-7H,4,8H2,1-3H3,(H,18,19). The molecule has 2 rings (SSSR count). The molecular formula is C13H17N3O3S. The molecule has 0 saturated carbocycles. The normalized spacial score (nSPS) is 12.2. The molecule has 1 N–H and O–H groups in total. The van der Waals surface area contributed by atoms with Crippen molar-refractivity contribution in [2.45, 2.75) is 32.9 Å². The number of aromatic nitrogens is 2. The highest BCUT2D eigenvalue weighted by Gasteiger charge is 2.33. The number of fused-ring (bicyclic) bond motifs is 1. The lowest BCUT2D eigenvalue weighted by atomic mass is 10.0. The molecule has 0 unspecified atom stereocenters. The summed E-state index contributed by atoms with van der Waals surface area (Å²) in [7, 11) is 0. The fraction of sp³-hybridized carbons (Fsp3) is 0.462. The lowest BCUT2D eigenvalue weighted by Gasteiger charge is -2.33. The molecule has 0 fully saturated rings. The number of nitrogens with zero attached hydrogens (tertiary/aromatic N) is 3. The summed E-state index contributed by atoms with van der Waals surface area (Å²) in [5, 5.41) is 11.1. The van der Waals surface area contributed by atoms with Gasteiger partial charge in [0.1, 0.15) is 5.54 Å². The summed E-state index contributed by atoms with van der Waals surface area (Å²) in [5.74, 6) is -0.895. The average molecular weight is 295 g/mol. The molecule has 0 atom stereocenters. The minimum Gasteiger partial charge on any atom is -0.480 e. The molecule has 20 heavy (non-hydrogen) atoms. The SMILES string of the molecule is CCN(Cc1cc(=O)n2ccsc2n1)C(C)(C)C(=O)O. The van der Waals surface area contributed by atoms with Crippen molar-refractivity contribution in [1.82, 2.24) is 14.3 Å². The summed E-state index contributed by atoms with van der Waals surface area (Å²) in [4.78, 5) is 30.0. The summed E-state index contributed by atoms with van der Waals surface area (Å²) in [6.07, 6.45) is 1.68. The molecule has 0 aliphatic carbocycles. The Kier molecular flexibility index (Phi) is 3.92. The lowest BCUT2D eigenvalue weighted by molar-refractivity contribution is -0.149. The third-order valence-corrected chi connectivity index (χ3v) is 4.16. The van der Waals surface area contributed by atoms with Crippen LogP contribution in [0.1, 0.15) is 26.5 Å². The molecule has 6 nitrogen and oxygen atoms in total. The second kappa shape index (κ2) is 5.34. The Hall–Kier alpha value is -1.73. The summed E-state index contributed by atoms with van der Waals surface area (Å²) in [6, 6.07) is 1.46. The van der Waals surface area contributed by atoms with E-state index in [1.807, 2.05) is 6.92 Å². The zero-order valence-corrected chi connectivity index (χ0v) is 12.5. The molecule has 7 heteroatoms. The van der Waals surface area contributed by atoms with Crippen LogP contribution >= 0.6 is 11.3 Å². The lowest BCUT2D eigenvalue weighted by Crippen LogP contribution is -2.49. The van der Waals surface area contributed by atoms with Crippen LogP contribution < -0.4 is 5.56 Å². The Labute approximate surface area is 120 Å². The van der Waals surface area contributed by atoms with Crippen LogP contribution in [0.3, 0.4) is 0 Å². The average Bonchev–Trinajstić information content (AvgIpc) is 2.84. The van der Waals surface area contributed by atoms with Gasteiger partial charge in [0, 0.05) is 24.2 Å². The Bertz CT molecular complexity index is 689. The molecule has 0 aliphatic rings.